The summed E-state index contributed by atoms with van der Waals surface area (Å²) < 4.78 is 0. The highest BCUT2D eigenvalue weighted by Crippen LogP contribution is 2.26. The van der Waals surface area contributed by atoms with Crippen LogP contribution in [0.2, 0.25) is 0 Å². The van der Waals surface area contributed by atoms with Crippen LogP contribution in [0.3, 0.4) is 0 Å². The molecule has 0 spiro atoms. The largest absolute Gasteiger partial charge is 0.371 e. The van der Waals surface area contributed by atoms with Gasteiger partial charge in [-0.3, -0.25) is 4.98 Å². The molecule has 0 saturated carbocycles. The smallest absolute Gasteiger partial charge is 0.0722 e. The first kappa shape index (κ1) is 13.4. The van der Waals surface area contributed by atoms with E-state index in [1.54, 1.807) is 0 Å². The number of hydrogen-bond acceptors (Lipinski definition) is 3. The molecular formula is C17H23N3. The van der Waals surface area contributed by atoms with Crippen molar-refractivity contribution in [3.05, 3.63) is 36.5 Å². The van der Waals surface area contributed by atoms with E-state index in [2.05, 4.69) is 46.4 Å². The van der Waals surface area contributed by atoms with Crippen LogP contribution in [0.15, 0.2) is 36.5 Å². The molecule has 1 aromatic carbocycles. The van der Waals surface area contributed by atoms with E-state index in [-0.39, 0.29) is 0 Å². The minimum Gasteiger partial charge on any atom is -0.371 e. The maximum absolute atomic E-state index is 4.47. The molecule has 1 aliphatic rings. The number of fused-ring (bicyclic) bond motifs is 1. The quantitative estimate of drug-likeness (QED) is 0.907. The molecule has 20 heavy (non-hydrogen) atoms. The Labute approximate surface area is 121 Å². The standard InChI is InChI=1S/C17H23N3/c1-2-14-9-13-20(12-5-11-18-14)17-8-3-7-16-15(17)6-4-10-19-16/h3-4,6-8,10,14,18H,2,5,9,11-13H2,1H3. The molecule has 0 bridgehead atoms. The summed E-state index contributed by atoms with van der Waals surface area (Å²) >= 11 is 0. The number of anilines is 1. The van der Waals surface area contributed by atoms with Gasteiger partial charge < -0.3 is 10.2 Å². The van der Waals surface area contributed by atoms with Gasteiger partial charge in [-0.15, -0.1) is 0 Å². The van der Waals surface area contributed by atoms with Gasteiger partial charge in [0.15, 0.2) is 0 Å². The molecule has 3 rings (SSSR count). The fourth-order valence-electron chi connectivity index (χ4n) is 3.05. The Balaban J connectivity index is 1.89. The molecular weight excluding hydrogens is 246 g/mol. The lowest BCUT2D eigenvalue weighted by molar-refractivity contribution is 0.439. The second-order valence-electron chi connectivity index (χ2n) is 5.54. The minimum absolute atomic E-state index is 0.658. The Morgan fingerprint density at radius 3 is 3.10 bits per heavy atom. The van der Waals surface area contributed by atoms with Crippen molar-refractivity contribution in [2.45, 2.75) is 32.2 Å². The Bertz CT molecular complexity index is 562. The van der Waals surface area contributed by atoms with E-state index in [0.29, 0.717) is 6.04 Å². The van der Waals surface area contributed by atoms with Gasteiger partial charge in [0.2, 0.25) is 0 Å². The second kappa shape index (κ2) is 6.23. The highest BCUT2D eigenvalue weighted by molar-refractivity contribution is 5.91. The molecule has 1 fully saturated rings. The molecule has 0 aliphatic carbocycles. The summed E-state index contributed by atoms with van der Waals surface area (Å²) in [6, 6.07) is 11.3. The van der Waals surface area contributed by atoms with Gasteiger partial charge in [0, 0.05) is 36.4 Å². The van der Waals surface area contributed by atoms with Gasteiger partial charge in [0.1, 0.15) is 0 Å². The zero-order chi connectivity index (χ0) is 13.8. The second-order valence-corrected chi connectivity index (χ2v) is 5.54. The average molecular weight is 269 g/mol. The summed E-state index contributed by atoms with van der Waals surface area (Å²) in [7, 11) is 0. The van der Waals surface area contributed by atoms with Crippen molar-refractivity contribution in [2.24, 2.45) is 0 Å². The molecule has 0 radical (unpaired) electrons. The maximum atomic E-state index is 4.47. The highest BCUT2D eigenvalue weighted by Gasteiger charge is 2.15. The fourth-order valence-corrected chi connectivity index (χ4v) is 3.05. The molecule has 1 unspecified atom stereocenters. The van der Waals surface area contributed by atoms with Gasteiger partial charge in [-0.05, 0) is 50.1 Å². The minimum atomic E-state index is 0.658. The van der Waals surface area contributed by atoms with Gasteiger partial charge in [0.25, 0.3) is 0 Å². The summed E-state index contributed by atoms with van der Waals surface area (Å²) in [5.41, 5.74) is 2.43. The third-order valence-corrected chi connectivity index (χ3v) is 4.24. The van der Waals surface area contributed by atoms with Crippen molar-refractivity contribution in [1.29, 1.82) is 0 Å². The monoisotopic (exact) mass is 269 g/mol. The van der Waals surface area contributed by atoms with E-state index in [1.165, 1.54) is 30.3 Å². The Morgan fingerprint density at radius 1 is 1.25 bits per heavy atom. The van der Waals surface area contributed by atoms with Crippen LogP contribution < -0.4 is 10.2 Å². The molecule has 1 aliphatic heterocycles. The summed E-state index contributed by atoms with van der Waals surface area (Å²) in [5.74, 6) is 0. The van der Waals surface area contributed by atoms with Crippen LogP contribution in [-0.4, -0.2) is 30.7 Å². The first-order valence-electron chi connectivity index (χ1n) is 7.70. The highest BCUT2D eigenvalue weighted by atomic mass is 15.1. The predicted octanol–water partition coefficient (Wildman–Crippen LogP) is 3.20. The molecule has 1 atom stereocenters. The number of nitrogens with zero attached hydrogens (tertiary/aromatic N) is 2. The third kappa shape index (κ3) is 2.78. The van der Waals surface area contributed by atoms with Crippen molar-refractivity contribution in [3.63, 3.8) is 0 Å². The van der Waals surface area contributed by atoms with E-state index in [9.17, 15) is 0 Å². The third-order valence-electron chi connectivity index (χ3n) is 4.24. The first-order chi connectivity index (χ1) is 9.88. The maximum Gasteiger partial charge on any atom is 0.0722 e. The van der Waals surface area contributed by atoms with Crippen LogP contribution in [0, 0.1) is 0 Å². The van der Waals surface area contributed by atoms with Crippen LogP contribution in [0.5, 0.6) is 0 Å². The van der Waals surface area contributed by atoms with Gasteiger partial charge in [-0.1, -0.05) is 13.0 Å². The number of benzene rings is 1. The number of hydrogen-bond donors (Lipinski definition) is 1. The Hall–Kier alpha value is -1.61. The Kier molecular flexibility index (Phi) is 4.16. The molecule has 2 heterocycles. The first-order valence-corrected chi connectivity index (χ1v) is 7.70. The lowest BCUT2D eigenvalue weighted by Crippen LogP contribution is -2.39. The SMILES string of the molecule is CCC1CCN(c2cccc3ncccc23)CCCN1. The molecule has 106 valence electrons. The molecule has 3 nitrogen and oxygen atoms in total. The Morgan fingerprint density at radius 2 is 2.20 bits per heavy atom. The number of nitrogens with one attached hydrogen (secondary N) is 1. The zero-order valence-corrected chi connectivity index (χ0v) is 12.2. The van der Waals surface area contributed by atoms with Crippen molar-refractivity contribution in [2.75, 3.05) is 24.5 Å². The van der Waals surface area contributed by atoms with E-state index < -0.39 is 0 Å². The molecule has 1 aromatic heterocycles. The number of pyridine rings is 1. The van der Waals surface area contributed by atoms with E-state index in [1.807, 2.05) is 12.3 Å². The molecule has 1 N–H and O–H groups in total. The summed E-state index contributed by atoms with van der Waals surface area (Å²) in [6.07, 6.45) is 5.50. The zero-order valence-electron chi connectivity index (χ0n) is 12.2. The lowest BCUT2D eigenvalue weighted by atomic mass is 10.1. The predicted molar refractivity (Wildman–Crippen MR) is 85.3 cm³/mol. The van der Waals surface area contributed by atoms with Crippen LogP contribution in [-0.2, 0) is 0 Å². The van der Waals surface area contributed by atoms with E-state index in [4.69, 9.17) is 0 Å². The average Bonchev–Trinajstić information content (AvgIpc) is 2.47. The van der Waals surface area contributed by atoms with Gasteiger partial charge in [-0.25, -0.2) is 0 Å². The molecule has 2 aromatic rings. The van der Waals surface area contributed by atoms with Crippen molar-refractivity contribution in [3.8, 4) is 0 Å². The van der Waals surface area contributed by atoms with Gasteiger partial charge in [0.05, 0.1) is 5.52 Å². The molecule has 1 saturated heterocycles. The number of rotatable bonds is 2. The summed E-state index contributed by atoms with van der Waals surface area (Å²) in [4.78, 5) is 7.01. The van der Waals surface area contributed by atoms with E-state index in [0.717, 1.165) is 25.2 Å². The van der Waals surface area contributed by atoms with Crippen LogP contribution >= 0.6 is 0 Å². The number of aromatic nitrogens is 1. The summed E-state index contributed by atoms with van der Waals surface area (Å²) in [6.45, 7) is 5.64. The normalized spacial score (nSPS) is 20.6. The van der Waals surface area contributed by atoms with E-state index >= 15 is 0 Å². The van der Waals surface area contributed by atoms with Crippen LogP contribution in [0.4, 0.5) is 5.69 Å². The van der Waals surface area contributed by atoms with Crippen molar-refractivity contribution in [1.82, 2.24) is 10.3 Å². The van der Waals surface area contributed by atoms with Crippen molar-refractivity contribution >= 4 is 16.6 Å². The van der Waals surface area contributed by atoms with Gasteiger partial charge >= 0.3 is 0 Å². The summed E-state index contributed by atoms with van der Waals surface area (Å²) in [5, 5.41) is 4.92. The molecule has 3 heteroatoms. The van der Waals surface area contributed by atoms with Crippen LogP contribution in [0.25, 0.3) is 10.9 Å². The molecule has 0 amide bonds. The fraction of sp³-hybridized carbons (Fsp3) is 0.471. The van der Waals surface area contributed by atoms with Gasteiger partial charge in [-0.2, -0.15) is 0 Å². The lowest BCUT2D eigenvalue weighted by Gasteiger charge is -2.31. The van der Waals surface area contributed by atoms with Crippen LogP contribution in [0.1, 0.15) is 26.2 Å². The van der Waals surface area contributed by atoms with Crippen molar-refractivity contribution < 1.29 is 0 Å². The topological polar surface area (TPSA) is 28.2 Å².